The van der Waals surface area contributed by atoms with Crippen molar-refractivity contribution in [2.45, 2.75) is 13.0 Å². The third-order valence-corrected chi connectivity index (χ3v) is 5.77. The smallest absolute Gasteiger partial charge is 0.262 e. The summed E-state index contributed by atoms with van der Waals surface area (Å²) in [6, 6.07) is 11.5. The average Bonchev–Trinajstić information content (AvgIpc) is 3.21. The van der Waals surface area contributed by atoms with Gasteiger partial charge in [-0.1, -0.05) is 15.9 Å². The number of fused-ring (bicyclic) bond motifs is 4. The highest BCUT2D eigenvalue weighted by Gasteiger charge is 2.30. The molecule has 1 aromatic heterocycles. The van der Waals surface area contributed by atoms with E-state index in [1.807, 2.05) is 41.0 Å². The lowest BCUT2D eigenvalue weighted by Crippen LogP contribution is -3.08. The van der Waals surface area contributed by atoms with Gasteiger partial charge in [-0.3, -0.25) is 9.36 Å². The maximum absolute atomic E-state index is 13.4. The lowest BCUT2D eigenvalue weighted by atomic mass is 10.0. The molecule has 2 aliphatic rings. The second-order valence-electron chi connectivity index (χ2n) is 6.93. The molecule has 1 unspecified atom stereocenters. The first-order valence-corrected chi connectivity index (χ1v) is 9.48. The second-order valence-corrected chi connectivity index (χ2v) is 7.84. The van der Waals surface area contributed by atoms with E-state index < -0.39 is 0 Å². The zero-order valence-electron chi connectivity index (χ0n) is 14.7. The largest absolute Gasteiger partial charge is 1.00 e. The van der Waals surface area contributed by atoms with Crippen molar-refractivity contribution in [2.24, 2.45) is 0 Å². The van der Waals surface area contributed by atoms with E-state index in [9.17, 15) is 4.79 Å². The fourth-order valence-corrected chi connectivity index (χ4v) is 4.19. The van der Waals surface area contributed by atoms with Gasteiger partial charge in [-0.15, -0.1) is 0 Å². The molecule has 0 saturated carbocycles. The molecule has 0 bridgehead atoms. The van der Waals surface area contributed by atoms with Crippen molar-refractivity contribution >= 4 is 32.7 Å². The normalized spacial score (nSPS) is 17.5. The molecule has 0 aliphatic carbocycles. The summed E-state index contributed by atoms with van der Waals surface area (Å²) in [5.74, 6) is 1.47. The van der Waals surface area contributed by atoms with Crippen LogP contribution in [0.15, 0.2) is 40.9 Å². The number of ether oxygens (including phenoxy) is 2. The maximum atomic E-state index is 13.4. The Kier molecular flexibility index (Phi) is 4.66. The predicted octanol–water partition coefficient (Wildman–Crippen LogP) is -0.604. The van der Waals surface area contributed by atoms with E-state index in [-0.39, 0.29) is 25.1 Å². The quantitative estimate of drug-likeness (QED) is 0.540. The van der Waals surface area contributed by atoms with E-state index in [1.54, 1.807) is 0 Å². The standard InChI is InChI=1S/C20H17BrN2O3.ClH/c1-22-7-6-16-15(10-22)14-8-18-19(26-11-25-18)9-17(14)23(16)20(24)12-2-4-13(21)5-3-12;/h2-5,8-9H,6-7,10-11H2,1H3;1H. The molecule has 1 atom stereocenters. The van der Waals surface area contributed by atoms with Gasteiger partial charge in [0.15, 0.2) is 11.5 Å². The van der Waals surface area contributed by atoms with E-state index in [0.29, 0.717) is 11.3 Å². The molecule has 0 saturated heterocycles. The minimum Gasteiger partial charge on any atom is -1.00 e. The predicted molar refractivity (Wildman–Crippen MR) is 101 cm³/mol. The Labute approximate surface area is 171 Å². The molecular formula is C20H18BrClN2O3. The summed E-state index contributed by atoms with van der Waals surface area (Å²) in [5, 5.41) is 1.09. The summed E-state index contributed by atoms with van der Waals surface area (Å²) in [7, 11) is 2.19. The Morgan fingerprint density at radius 2 is 1.85 bits per heavy atom. The molecule has 140 valence electrons. The summed E-state index contributed by atoms with van der Waals surface area (Å²) in [5.41, 5.74) is 3.94. The Hall–Kier alpha value is -2.02. The Bertz CT molecular complexity index is 1050. The van der Waals surface area contributed by atoms with Crippen molar-refractivity contribution in [1.29, 1.82) is 0 Å². The summed E-state index contributed by atoms with van der Waals surface area (Å²) < 4.78 is 14.0. The van der Waals surface area contributed by atoms with Crippen molar-refractivity contribution in [3.63, 3.8) is 0 Å². The van der Waals surface area contributed by atoms with Gasteiger partial charge < -0.3 is 26.8 Å². The molecule has 3 heterocycles. The Morgan fingerprint density at radius 3 is 2.59 bits per heavy atom. The molecule has 0 spiro atoms. The number of hydrogen-bond donors (Lipinski definition) is 1. The first-order chi connectivity index (χ1) is 12.6. The van der Waals surface area contributed by atoms with Gasteiger partial charge in [0, 0.05) is 39.2 Å². The maximum Gasteiger partial charge on any atom is 0.262 e. The third-order valence-electron chi connectivity index (χ3n) is 5.24. The van der Waals surface area contributed by atoms with Gasteiger partial charge in [0.1, 0.15) is 6.54 Å². The van der Waals surface area contributed by atoms with E-state index >= 15 is 0 Å². The molecule has 0 radical (unpaired) electrons. The van der Waals surface area contributed by atoms with Gasteiger partial charge in [0.25, 0.3) is 5.91 Å². The number of nitrogens with one attached hydrogen (secondary N) is 1. The number of quaternary nitrogens is 1. The van der Waals surface area contributed by atoms with Crippen LogP contribution in [0, 0.1) is 0 Å². The van der Waals surface area contributed by atoms with Crippen LogP contribution >= 0.6 is 15.9 Å². The van der Waals surface area contributed by atoms with Crippen LogP contribution < -0.4 is 26.8 Å². The molecule has 7 heteroatoms. The van der Waals surface area contributed by atoms with Crippen LogP contribution in [0.1, 0.15) is 21.6 Å². The number of halogens is 2. The fraction of sp³-hybridized carbons (Fsp3) is 0.250. The highest BCUT2D eigenvalue weighted by molar-refractivity contribution is 9.10. The van der Waals surface area contributed by atoms with E-state index in [2.05, 4.69) is 23.0 Å². The van der Waals surface area contributed by atoms with Crippen molar-refractivity contribution in [3.8, 4) is 11.5 Å². The van der Waals surface area contributed by atoms with Gasteiger partial charge in [0.2, 0.25) is 6.79 Å². The van der Waals surface area contributed by atoms with Gasteiger partial charge in [0.05, 0.1) is 19.1 Å². The molecule has 2 aliphatic heterocycles. The van der Waals surface area contributed by atoms with Crippen molar-refractivity contribution in [2.75, 3.05) is 20.4 Å². The molecule has 3 aromatic rings. The van der Waals surface area contributed by atoms with Crippen LogP contribution in [0.3, 0.4) is 0 Å². The van der Waals surface area contributed by atoms with Crippen LogP contribution in [0.4, 0.5) is 0 Å². The minimum atomic E-state index is 0. The summed E-state index contributed by atoms with van der Waals surface area (Å²) >= 11 is 3.43. The Balaban J connectivity index is 0.00000180. The first kappa shape index (κ1) is 18.3. The SMILES string of the molecule is C[NH+]1CCc2c(c3cc4c(cc3n2C(=O)c2ccc(Br)cc2)OCO4)C1.[Cl-]. The van der Waals surface area contributed by atoms with Crippen LogP contribution in [0.25, 0.3) is 10.9 Å². The van der Waals surface area contributed by atoms with E-state index in [0.717, 1.165) is 46.3 Å². The Morgan fingerprint density at radius 1 is 1.15 bits per heavy atom. The van der Waals surface area contributed by atoms with Crippen LogP contribution in [-0.4, -0.2) is 30.9 Å². The number of likely N-dealkylation sites (N-methyl/N-ethyl adjacent to an activating group) is 1. The average molecular weight is 450 g/mol. The molecule has 0 fully saturated rings. The van der Waals surface area contributed by atoms with Crippen molar-refractivity contribution in [3.05, 3.63) is 57.7 Å². The summed E-state index contributed by atoms with van der Waals surface area (Å²) in [4.78, 5) is 14.8. The summed E-state index contributed by atoms with van der Waals surface area (Å²) in [6.45, 7) is 2.16. The minimum absolute atomic E-state index is 0. The number of benzene rings is 2. The number of carbonyl (C=O) groups excluding carboxylic acids is 1. The van der Waals surface area contributed by atoms with Gasteiger partial charge in [-0.2, -0.15) is 0 Å². The lowest BCUT2D eigenvalue weighted by molar-refractivity contribution is -0.895. The number of nitrogens with zero attached hydrogens (tertiary/aromatic N) is 1. The van der Waals surface area contributed by atoms with Crippen molar-refractivity contribution in [1.82, 2.24) is 4.57 Å². The molecule has 5 nitrogen and oxygen atoms in total. The van der Waals surface area contributed by atoms with E-state index in [1.165, 1.54) is 10.5 Å². The zero-order chi connectivity index (χ0) is 17.8. The molecule has 1 N–H and O–H groups in total. The number of hydrogen-bond acceptors (Lipinski definition) is 3. The zero-order valence-corrected chi connectivity index (χ0v) is 17.1. The van der Waals surface area contributed by atoms with Gasteiger partial charge in [-0.25, -0.2) is 0 Å². The third kappa shape index (κ3) is 2.92. The van der Waals surface area contributed by atoms with Crippen LogP contribution in [0.2, 0.25) is 0 Å². The molecule has 27 heavy (non-hydrogen) atoms. The lowest BCUT2D eigenvalue weighted by Gasteiger charge is -2.21. The molecular weight excluding hydrogens is 432 g/mol. The monoisotopic (exact) mass is 448 g/mol. The van der Waals surface area contributed by atoms with Crippen LogP contribution in [0.5, 0.6) is 11.5 Å². The second kappa shape index (κ2) is 6.86. The first-order valence-electron chi connectivity index (χ1n) is 8.69. The van der Waals surface area contributed by atoms with E-state index in [4.69, 9.17) is 9.47 Å². The van der Waals surface area contributed by atoms with Gasteiger partial charge in [-0.05, 0) is 30.3 Å². The number of rotatable bonds is 1. The van der Waals surface area contributed by atoms with Crippen LogP contribution in [-0.2, 0) is 13.0 Å². The van der Waals surface area contributed by atoms with Gasteiger partial charge >= 0.3 is 0 Å². The highest BCUT2D eigenvalue weighted by Crippen LogP contribution is 2.39. The number of carbonyl (C=O) groups is 1. The fourth-order valence-electron chi connectivity index (χ4n) is 3.93. The highest BCUT2D eigenvalue weighted by atomic mass is 79.9. The summed E-state index contributed by atoms with van der Waals surface area (Å²) in [6.07, 6.45) is 0.879. The molecule has 2 aromatic carbocycles. The van der Waals surface area contributed by atoms with Crippen molar-refractivity contribution < 1.29 is 31.6 Å². The number of aromatic nitrogens is 1. The topological polar surface area (TPSA) is 44.9 Å². The molecule has 5 rings (SSSR count). The molecule has 0 amide bonds.